The minimum atomic E-state index is -0.536. The maximum absolute atomic E-state index is 13.0. The summed E-state index contributed by atoms with van der Waals surface area (Å²) in [5.74, 6) is 1.63. The standard InChI is InChI=1S/C38H40N2O8/c1-3-5-23-43-30-15-9-27(10-16-30)37(41)47-32-19-13-29(14-20-32)39-40-33-21-22-34(36-35(33)45-25-7-8-26-46-36)48-38(42)28-11-17-31(18-12-28)44-24-6-4-2/h9-22H,3-8,23-26H2,1-2H3. The summed E-state index contributed by atoms with van der Waals surface area (Å²) in [6, 6.07) is 23.7. The molecule has 1 aliphatic heterocycles. The third-order valence-corrected chi connectivity index (χ3v) is 7.32. The third-order valence-electron chi connectivity index (χ3n) is 7.32. The van der Waals surface area contributed by atoms with E-state index in [1.54, 1.807) is 84.9 Å². The average Bonchev–Trinajstić information content (AvgIpc) is 3.09. The van der Waals surface area contributed by atoms with Crippen molar-refractivity contribution in [2.24, 2.45) is 10.2 Å². The Morgan fingerprint density at radius 3 is 1.69 bits per heavy atom. The molecule has 0 saturated carbocycles. The van der Waals surface area contributed by atoms with E-state index in [1.807, 2.05) is 0 Å². The van der Waals surface area contributed by atoms with Gasteiger partial charge in [-0.3, -0.25) is 0 Å². The molecule has 48 heavy (non-hydrogen) atoms. The maximum atomic E-state index is 13.0. The van der Waals surface area contributed by atoms with Gasteiger partial charge < -0.3 is 28.4 Å². The van der Waals surface area contributed by atoms with Crippen LogP contribution in [0.4, 0.5) is 11.4 Å². The molecule has 4 aromatic carbocycles. The summed E-state index contributed by atoms with van der Waals surface area (Å²) < 4.78 is 34.6. The lowest BCUT2D eigenvalue weighted by molar-refractivity contribution is 0.0719. The van der Waals surface area contributed by atoms with Crippen LogP contribution in [0.5, 0.6) is 34.5 Å². The van der Waals surface area contributed by atoms with E-state index in [0.717, 1.165) is 38.5 Å². The average molecular weight is 653 g/mol. The highest BCUT2D eigenvalue weighted by atomic mass is 16.6. The molecule has 5 rings (SSSR count). The minimum Gasteiger partial charge on any atom is -0.494 e. The Labute approximate surface area is 280 Å². The quantitative estimate of drug-likeness (QED) is 0.0573. The molecule has 0 aliphatic carbocycles. The number of esters is 2. The minimum absolute atomic E-state index is 0.226. The number of unbranched alkanes of at least 4 members (excludes halogenated alkanes) is 2. The molecule has 0 N–H and O–H groups in total. The molecule has 0 fully saturated rings. The number of rotatable bonds is 14. The van der Waals surface area contributed by atoms with Gasteiger partial charge in [0.25, 0.3) is 0 Å². The summed E-state index contributed by atoms with van der Waals surface area (Å²) in [7, 11) is 0. The van der Waals surface area contributed by atoms with Crippen LogP contribution in [-0.2, 0) is 0 Å². The first-order chi connectivity index (χ1) is 23.5. The Bertz CT molecular complexity index is 1670. The second kappa shape index (κ2) is 17.5. The lowest BCUT2D eigenvalue weighted by atomic mass is 10.2. The molecule has 0 aromatic heterocycles. The summed E-state index contributed by atoms with van der Waals surface area (Å²) in [6.07, 6.45) is 5.60. The van der Waals surface area contributed by atoms with Crippen LogP contribution in [0.15, 0.2) is 95.2 Å². The van der Waals surface area contributed by atoms with Crippen LogP contribution in [0.2, 0.25) is 0 Å². The number of azo groups is 1. The van der Waals surface area contributed by atoms with Crippen LogP contribution in [0.1, 0.15) is 73.1 Å². The summed E-state index contributed by atoms with van der Waals surface area (Å²) in [6.45, 7) is 6.35. The van der Waals surface area contributed by atoms with Gasteiger partial charge in [0.05, 0.1) is 43.2 Å². The molecule has 250 valence electrons. The molecule has 0 radical (unpaired) electrons. The Morgan fingerprint density at radius 2 is 1.12 bits per heavy atom. The van der Waals surface area contributed by atoms with Crippen molar-refractivity contribution < 1.29 is 38.0 Å². The molecule has 0 atom stereocenters. The number of hydrogen-bond donors (Lipinski definition) is 0. The van der Waals surface area contributed by atoms with Crippen molar-refractivity contribution >= 4 is 23.3 Å². The van der Waals surface area contributed by atoms with Crippen molar-refractivity contribution in [2.45, 2.75) is 52.4 Å². The smallest absolute Gasteiger partial charge is 0.343 e. The van der Waals surface area contributed by atoms with Gasteiger partial charge in [-0.15, -0.1) is 5.11 Å². The maximum Gasteiger partial charge on any atom is 0.343 e. The zero-order chi connectivity index (χ0) is 33.6. The summed E-state index contributed by atoms with van der Waals surface area (Å²) in [4.78, 5) is 25.7. The first-order valence-electron chi connectivity index (χ1n) is 16.4. The topological polar surface area (TPSA) is 114 Å². The van der Waals surface area contributed by atoms with E-state index in [-0.39, 0.29) is 5.75 Å². The van der Waals surface area contributed by atoms with Crippen LogP contribution in [-0.4, -0.2) is 38.4 Å². The number of nitrogens with zero attached hydrogens (tertiary/aromatic N) is 2. The number of carbonyl (C=O) groups is 2. The van der Waals surface area contributed by atoms with Crippen molar-refractivity contribution in [2.75, 3.05) is 26.4 Å². The summed E-state index contributed by atoms with van der Waals surface area (Å²) in [5, 5.41) is 8.75. The Balaban J connectivity index is 1.24. The molecule has 0 unspecified atom stereocenters. The van der Waals surface area contributed by atoms with Gasteiger partial charge >= 0.3 is 11.9 Å². The van der Waals surface area contributed by atoms with E-state index in [2.05, 4.69) is 24.1 Å². The fraction of sp³-hybridized carbons (Fsp3) is 0.316. The number of ether oxygens (including phenoxy) is 6. The van der Waals surface area contributed by atoms with Crippen molar-refractivity contribution in [3.8, 4) is 34.5 Å². The second-order valence-corrected chi connectivity index (χ2v) is 11.1. The lowest BCUT2D eigenvalue weighted by Crippen LogP contribution is -2.13. The summed E-state index contributed by atoms with van der Waals surface area (Å²) >= 11 is 0. The molecule has 10 heteroatoms. The zero-order valence-electron chi connectivity index (χ0n) is 27.3. The predicted molar refractivity (Wildman–Crippen MR) is 181 cm³/mol. The number of hydrogen-bond acceptors (Lipinski definition) is 10. The predicted octanol–water partition coefficient (Wildman–Crippen LogP) is 9.45. The van der Waals surface area contributed by atoms with Crippen LogP contribution in [0.3, 0.4) is 0 Å². The fourth-order valence-electron chi connectivity index (χ4n) is 4.58. The Kier molecular flexibility index (Phi) is 12.4. The van der Waals surface area contributed by atoms with Crippen LogP contribution < -0.4 is 28.4 Å². The zero-order valence-corrected chi connectivity index (χ0v) is 27.3. The number of carbonyl (C=O) groups excluding carboxylic acids is 2. The molecule has 1 heterocycles. The van der Waals surface area contributed by atoms with Crippen LogP contribution in [0.25, 0.3) is 0 Å². The molecular formula is C38H40N2O8. The second-order valence-electron chi connectivity index (χ2n) is 11.1. The monoisotopic (exact) mass is 652 g/mol. The van der Waals surface area contributed by atoms with Gasteiger partial charge in [-0.25, -0.2) is 9.59 Å². The van der Waals surface area contributed by atoms with Gasteiger partial charge in [0.15, 0.2) is 11.5 Å². The van der Waals surface area contributed by atoms with E-state index >= 15 is 0 Å². The normalized spacial score (nSPS) is 12.5. The van der Waals surface area contributed by atoms with E-state index in [9.17, 15) is 9.59 Å². The molecule has 4 aromatic rings. The van der Waals surface area contributed by atoms with Gasteiger partial charge in [0.2, 0.25) is 5.75 Å². The third kappa shape index (κ3) is 9.57. The fourth-order valence-corrected chi connectivity index (χ4v) is 4.58. The highest BCUT2D eigenvalue weighted by Crippen LogP contribution is 2.46. The Morgan fingerprint density at radius 1 is 0.604 bits per heavy atom. The van der Waals surface area contributed by atoms with Crippen molar-refractivity contribution in [1.29, 1.82) is 0 Å². The summed E-state index contributed by atoms with van der Waals surface area (Å²) in [5.41, 5.74) is 1.74. The number of benzene rings is 4. The molecular weight excluding hydrogens is 612 g/mol. The van der Waals surface area contributed by atoms with E-state index in [1.165, 1.54) is 0 Å². The van der Waals surface area contributed by atoms with Gasteiger partial charge in [0, 0.05) is 0 Å². The van der Waals surface area contributed by atoms with E-state index in [0.29, 0.717) is 77.7 Å². The highest BCUT2D eigenvalue weighted by Gasteiger charge is 2.22. The largest absolute Gasteiger partial charge is 0.494 e. The molecule has 0 spiro atoms. The Hall–Kier alpha value is -5.38. The first kappa shape index (κ1) is 34.0. The molecule has 1 aliphatic rings. The van der Waals surface area contributed by atoms with Crippen molar-refractivity contribution in [1.82, 2.24) is 0 Å². The molecule has 10 nitrogen and oxygen atoms in total. The SMILES string of the molecule is CCCCOc1ccc(C(=O)Oc2ccc(N=Nc3ccc(OC(=O)c4ccc(OCCCC)cc4)c4c3OCCCCO4)cc2)cc1. The van der Waals surface area contributed by atoms with E-state index < -0.39 is 11.9 Å². The first-order valence-corrected chi connectivity index (χ1v) is 16.4. The lowest BCUT2D eigenvalue weighted by Gasteiger charge is -2.20. The van der Waals surface area contributed by atoms with Gasteiger partial charge in [-0.2, -0.15) is 5.11 Å². The van der Waals surface area contributed by atoms with Crippen LogP contribution in [0, 0.1) is 0 Å². The molecule has 0 saturated heterocycles. The van der Waals surface area contributed by atoms with Crippen LogP contribution >= 0.6 is 0 Å². The highest BCUT2D eigenvalue weighted by molar-refractivity contribution is 5.92. The van der Waals surface area contributed by atoms with Crippen molar-refractivity contribution in [3.63, 3.8) is 0 Å². The van der Waals surface area contributed by atoms with Gasteiger partial charge in [-0.05, 0) is 111 Å². The van der Waals surface area contributed by atoms with E-state index in [4.69, 9.17) is 28.4 Å². The van der Waals surface area contributed by atoms with Gasteiger partial charge in [-0.1, -0.05) is 26.7 Å². The van der Waals surface area contributed by atoms with Gasteiger partial charge in [0.1, 0.15) is 22.9 Å². The number of fused-ring (bicyclic) bond motifs is 1. The molecule has 0 bridgehead atoms. The molecule has 0 amide bonds. The van der Waals surface area contributed by atoms with Crippen molar-refractivity contribution in [3.05, 3.63) is 96.1 Å².